The maximum absolute atomic E-state index is 13.2. The molecule has 2 aromatic rings. The van der Waals surface area contributed by atoms with Gasteiger partial charge in [0.05, 0.1) is 0 Å². The van der Waals surface area contributed by atoms with Crippen LogP contribution in [-0.2, 0) is 17.6 Å². The van der Waals surface area contributed by atoms with Gasteiger partial charge in [-0.2, -0.15) is 0 Å². The third kappa shape index (κ3) is 6.14. The Morgan fingerprint density at radius 1 is 1.04 bits per heavy atom. The first kappa shape index (κ1) is 19.5. The molecule has 3 rings (SSSR count). The monoisotopic (exact) mass is 372 g/mol. The molecule has 5 heteroatoms. The standard InChI is InChI=1S/C22H26F2N2O/c23-20-10-8-18(15-21(20)24)9-11-22(27)25-19-7-4-13-26(16-19)14-12-17-5-2-1-3-6-17/h1-3,5-6,8,10,15,19H,4,7,9,11-14,16H2,(H,25,27)/t19-/m1/s1. The Kier molecular flexibility index (Phi) is 6.93. The molecule has 0 radical (unpaired) electrons. The smallest absolute Gasteiger partial charge is 0.220 e. The minimum Gasteiger partial charge on any atom is -0.352 e. The number of hydrogen-bond acceptors (Lipinski definition) is 2. The fourth-order valence-corrected chi connectivity index (χ4v) is 3.56. The van der Waals surface area contributed by atoms with Gasteiger partial charge in [0.2, 0.25) is 5.91 Å². The molecule has 1 heterocycles. The van der Waals surface area contributed by atoms with Gasteiger partial charge < -0.3 is 10.2 Å². The number of hydrogen-bond donors (Lipinski definition) is 1. The van der Waals surface area contributed by atoms with Crippen LogP contribution in [0.4, 0.5) is 8.78 Å². The topological polar surface area (TPSA) is 32.3 Å². The fourth-order valence-electron chi connectivity index (χ4n) is 3.56. The second-order valence-electron chi connectivity index (χ2n) is 7.19. The number of benzene rings is 2. The Morgan fingerprint density at radius 2 is 1.85 bits per heavy atom. The van der Waals surface area contributed by atoms with Gasteiger partial charge >= 0.3 is 0 Å². The van der Waals surface area contributed by atoms with E-state index >= 15 is 0 Å². The van der Waals surface area contributed by atoms with Gasteiger partial charge in [-0.15, -0.1) is 0 Å². The van der Waals surface area contributed by atoms with E-state index in [2.05, 4.69) is 34.5 Å². The summed E-state index contributed by atoms with van der Waals surface area (Å²) < 4.78 is 26.2. The summed E-state index contributed by atoms with van der Waals surface area (Å²) in [6.07, 6.45) is 3.76. The van der Waals surface area contributed by atoms with Crippen molar-refractivity contribution in [3.05, 3.63) is 71.3 Å². The number of carbonyl (C=O) groups excluding carboxylic acids is 1. The number of halogens is 2. The molecule has 1 aliphatic rings. The van der Waals surface area contributed by atoms with Crippen molar-refractivity contribution >= 4 is 5.91 Å². The molecule has 1 N–H and O–H groups in total. The highest BCUT2D eigenvalue weighted by atomic mass is 19.2. The summed E-state index contributed by atoms with van der Waals surface area (Å²) in [5, 5.41) is 3.09. The van der Waals surface area contributed by atoms with Crippen LogP contribution in [-0.4, -0.2) is 36.5 Å². The van der Waals surface area contributed by atoms with Gasteiger partial charge in [0, 0.05) is 25.6 Å². The Morgan fingerprint density at radius 3 is 2.63 bits per heavy atom. The second kappa shape index (κ2) is 9.60. The number of likely N-dealkylation sites (tertiary alicyclic amines) is 1. The van der Waals surface area contributed by atoms with Crippen molar-refractivity contribution in [2.24, 2.45) is 0 Å². The molecule has 2 aromatic carbocycles. The Balaban J connectivity index is 1.41. The predicted molar refractivity (Wildman–Crippen MR) is 102 cm³/mol. The normalized spacial score (nSPS) is 17.6. The van der Waals surface area contributed by atoms with Gasteiger partial charge in [0.25, 0.3) is 0 Å². The van der Waals surface area contributed by atoms with Crippen molar-refractivity contribution in [2.75, 3.05) is 19.6 Å². The molecule has 1 atom stereocenters. The van der Waals surface area contributed by atoms with Crippen LogP contribution in [0.15, 0.2) is 48.5 Å². The lowest BCUT2D eigenvalue weighted by Gasteiger charge is -2.33. The summed E-state index contributed by atoms with van der Waals surface area (Å²) in [5.41, 5.74) is 1.97. The molecule has 1 saturated heterocycles. The highest BCUT2D eigenvalue weighted by molar-refractivity contribution is 5.76. The molecule has 27 heavy (non-hydrogen) atoms. The average molecular weight is 372 g/mol. The summed E-state index contributed by atoms with van der Waals surface area (Å²) in [4.78, 5) is 14.6. The predicted octanol–water partition coefficient (Wildman–Crippen LogP) is 3.72. The zero-order chi connectivity index (χ0) is 19.1. The van der Waals surface area contributed by atoms with Crippen molar-refractivity contribution in [1.82, 2.24) is 10.2 Å². The molecule has 0 bridgehead atoms. The van der Waals surface area contributed by atoms with Crippen LogP contribution < -0.4 is 5.32 Å². The van der Waals surface area contributed by atoms with E-state index in [1.807, 2.05) is 6.07 Å². The molecular weight excluding hydrogens is 346 g/mol. The minimum atomic E-state index is -0.866. The number of piperidine rings is 1. The molecule has 1 aliphatic heterocycles. The SMILES string of the molecule is O=C(CCc1ccc(F)c(F)c1)N[C@@H]1CCCN(CCc2ccccc2)C1. The molecule has 0 saturated carbocycles. The zero-order valence-electron chi connectivity index (χ0n) is 15.5. The van der Waals surface area contributed by atoms with E-state index in [0.717, 1.165) is 51.0 Å². The van der Waals surface area contributed by atoms with E-state index in [4.69, 9.17) is 0 Å². The minimum absolute atomic E-state index is 0.0327. The third-order valence-corrected chi connectivity index (χ3v) is 5.05. The van der Waals surface area contributed by atoms with Gasteiger partial charge in [-0.3, -0.25) is 4.79 Å². The number of carbonyl (C=O) groups is 1. The molecule has 1 amide bonds. The molecule has 144 valence electrons. The van der Waals surface area contributed by atoms with Crippen LogP contribution in [0.2, 0.25) is 0 Å². The van der Waals surface area contributed by atoms with E-state index < -0.39 is 11.6 Å². The van der Waals surface area contributed by atoms with Gasteiger partial charge in [-0.1, -0.05) is 36.4 Å². The van der Waals surface area contributed by atoms with Gasteiger partial charge in [0.1, 0.15) is 0 Å². The number of amides is 1. The highest BCUT2D eigenvalue weighted by Gasteiger charge is 2.21. The Hall–Kier alpha value is -2.27. The lowest BCUT2D eigenvalue weighted by molar-refractivity contribution is -0.122. The van der Waals surface area contributed by atoms with Crippen LogP contribution in [0.25, 0.3) is 0 Å². The van der Waals surface area contributed by atoms with Crippen molar-refractivity contribution in [1.29, 1.82) is 0 Å². The van der Waals surface area contributed by atoms with Crippen LogP contribution in [0.1, 0.15) is 30.4 Å². The second-order valence-corrected chi connectivity index (χ2v) is 7.19. The maximum Gasteiger partial charge on any atom is 0.220 e. The van der Waals surface area contributed by atoms with Crippen molar-refractivity contribution in [3.63, 3.8) is 0 Å². The van der Waals surface area contributed by atoms with Crippen molar-refractivity contribution in [2.45, 2.75) is 38.1 Å². The molecule has 0 aliphatic carbocycles. The number of nitrogens with zero attached hydrogens (tertiary/aromatic N) is 1. The van der Waals surface area contributed by atoms with E-state index in [-0.39, 0.29) is 18.4 Å². The van der Waals surface area contributed by atoms with Crippen molar-refractivity contribution in [3.8, 4) is 0 Å². The Labute approximate surface area is 159 Å². The van der Waals surface area contributed by atoms with E-state index in [1.54, 1.807) is 0 Å². The van der Waals surface area contributed by atoms with E-state index in [9.17, 15) is 13.6 Å². The average Bonchev–Trinajstić information content (AvgIpc) is 2.68. The highest BCUT2D eigenvalue weighted by Crippen LogP contribution is 2.13. The summed E-state index contributed by atoms with van der Waals surface area (Å²) in [6, 6.07) is 14.4. The number of rotatable bonds is 7. The first-order valence-corrected chi connectivity index (χ1v) is 9.60. The molecular formula is C22H26F2N2O. The Bertz CT molecular complexity index is 751. The lowest BCUT2D eigenvalue weighted by atomic mass is 10.0. The molecule has 1 fully saturated rings. The largest absolute Gasteiger partial charge is 0.352 e. The van der Waals surface area contributed by atoms with E-state index in [0.29, 0.717) is 12.0 Å². The summed E-state index contributed by atoms with van der Waals surface area (Å²) in [7, 11) is 0. The van der Waals surface area contributed by atoms with Gasteiger partial charge in [0.15, 0.2) is 11.6 Å². The van der Waals surface area contributed by atoms with Crippen LogP contribution in [0, 0.1) is 11.6 Å². The number of aryl methyl sites for hydroxylation is 1. The molecule has 3 nitrogen and oxygen atoms in total. The van der Waals surface area contributed by atoms with Gasteiger partial charge in [-0.05, 0) is 55.5 Å². The third-order valence-electron chi connectivity index (χ3n) is 5.05. The first-order valence-electron chi connectivity index (χ1n) is 9.60. The lowest BCUT2D eigenvalue weighted by Crippen LogP contribution is -2.48. The maximum atomic E-state index is 13.2. The van der Waals surface area contributed by atoms with Crippen LogP contribution in [0.3, 0.4) is 0 Å². The van der Waals surface area contributed by atoms with Crippen molar-refractivity contribution < 1.29 is 13.6 Å². The molecule has 0 aromatic heterocycles. The first-order chi connectivity index (χ1) is 13.1. The fraction of sp³-hybridized carbons (Fsp3) is 0.409. The van der Waals surface area contributed by atoms with E-state index in [1.165, 1.54) is 11.6 Å². The van der Waals surface area contributed by atoms with Crippen LogP contribution >= 0.6 is 0 Å². The number of nitrogens with one attached hydrogen (secondary N) is 1. The summed E-state index contributed by atoms with van der Waals surface area (Å²) in [6.45, 7) is 2.92. The summed E-state index contributed by atoms with van der Waals surface area (Å²) in [5.74, 6) is -1.76. The van der Waals surface area contributed by atoms with Crippen LogP contribution in [0.5, 0.6) is 0 Å². The molecule has 0 spiro atoms. The molecule has 0 unspecified atom stereocenters. The van der Waals surface area contributed by atoms with Gasteiger partial charge in [-0.25, -0.2) is 8.78 Å². The summed E-state index contributed by atoms with van der Waals surface area (Å²) >= 11 is 0. The zero-order valence-corrected chi connectivity index (χ0v) is 15.5. The quantitative estimate of drug-likeness (QED) is 0.803.